The zero-order valence-corrected chi connectivity index (χ0v) is 20.6. The van der Waals surface area contributed by atoms with E-state index in [1.54, 1.807) is 24.4 Å². The molecule has 0 aliphatic carbocycles. The van der Waals surface area contributed by atoms with E-state index in [-0.39, 0.29) is 11.9 Å². The number of nitriles is 1. The van der Waals surface area contributed by atoms with Crippen LogP contribution in [0.5, 0.6) is 0 Å². The molecule has 7 nitrogen and oxygen atoms in total. The van der Waals surface area contributed by atoms with Gasteiger partial charge in [0.15, 0.2) is 0 Å². The first-order valence-electron chi connectivity index (χ1n) is 11.9. The van der Waals surface area contributed by atoms with E-state index in [1.165, 1.54) is 12.1 Å². The Morgan fingerprint density at radius 1 is 1.03 bits per heavy atom. The SMILES string of the molecule is C[C@@H]1CN(c2ncc(C#N)cc2Cl)CCN1c1cc(-c2ccc(F)cc2)nc(N2CCC[C@@H]2C)n1. The van der Waals surface area contributed by atoms with Gasteiger partial charge in [-0.05, 0) is 57.0 Å². The normalized spacial score (nSPS) is 20.3. The molecule has 0 amide bonds. The lowest BCUT2D eigenvalue weighted by Crippen LogP contribution is -2.52. The molecule has 4 heterocycles. The van der Waals surface area contributed by atoms with Crippen molar-refractivity contribution >= 4 is 29.2 Å². The van der Waals surface area contributed by atoms with E-state index in [0.29, 0.717) is 35.5 Å². The fraction of sp³-hybridized carbons (Fsp3) is 0.385. The molecule has 2 aromatic heterocycles. The van der Waals surface area contributed by atoms with Gasteiger partial charge in [0.05, 0.1) is 16.3 Å². The first-order valence-corrected chi connectivity index (χ1v) is 12.3. The van der Waals surface area contributed by atoms with Crippen LogP contribution in [0.2, 0.25) is 5.02 Å². The topological polar surface area (TPSA) is 72.2 Å². The molecule has 2 aliphatic rings. The highest BCUT2D eigenvalue weighted by molar-refractivity contribution is 6.33. The van der Waals surface area contributed by atoms with E-state index < -0.39 is 0 Å². The maximum absolute atomic E-state index is 13.6. The summed E-state index contributed by atoms with van der Waals surface area (Å²) in [6.07, 6.45) is 3.79. The molecule has 2 saturated heterocycles. The van der Waals surface area contributed by atoms with Crippen molar-refractivity contribution < 1.29 is 4.39 Å². The van der Waals surface area contributed by atoms with Gasteiger partial charge in [-0.1, -0.05) is 11.6 Å². The van der Waals surface area contributed by atoms with Crippen molar-refractivity contribution in [2.45, 2.75) is 38.8 Å². The van der Waals surface area contributed by atoms with Gasteiger partial charge in [0.2, 0.25) is 5.95 Å². The van der Waals surface area contributed by atoms with E-state index in [4.69, 9.17) is 26.8 Å². The first-order chi connectivity index (χ1) is 16.9. The fourth-order valence-electron chi connectivity index (χ4n) is 4.91. The second-order valence-corrected chi connectivity index (χ2v) is 9.64. The Morgan fingerprint density at radius 3 is 2.49 bits per heavy atom. The van der Waals surface area contributed by atoms with Crippen molar-refractivity contribution in [3.63, 3.8) is 0 Å². The van der Waals surface area contributed by atoms with Crippen LogP contribution >= 0.6 is 11.6 Å². The highest BCUT2D eigenvalue weighted by atomic mass is 35.5. The number of piperazine rings is 1. The molecule has 0 N–H and O–H groups in total. The molecule has 3 aromatic rings. The van der Waals surface area contributed by atoms with Gasteiger partial charge in [-0.3, -0.25) is 0 Å². The zero-order chi connectivity index (χ0) is 24.5. The molecular formula is C26H27ClFN7. The lowest BCUT2D eigenvalue weighted by Gasteiger charge is -2.41. The predicted molar refractivity (Wildman–Crippen MR) is 136 cm³/mol. The highest BCUT2D eigenvalue weighted by Gasteiger charge is 2.29. The minimum atomic E-state index is -0.267. The molecule has 180 valence electrons. The molecule has 2 fully saturated rings. The average molecular weight is 492 g/mol. The lowest BCUT2D eigenvalue weighted by atomic mass is 10.1. The Balaban J connectivity index is 1.45. The largest absolute Gasteiger partial charge is 0.352 e. The summed E-state index contributed by atoms with van der Waals surface area (Å²) in [7, 11) is 0. The van der Waals surface area contributed by atoms with Gasteiger partial charge in [-0.2, -0.15) is 10.2 Å². The second-order valence-electron chi connectivity index (χ2n) is 9.23. The minimum absolute atomic E-state index is 0.136. The number of nitrogens with zero attached hydrogens (tertiary/aromatic N) is 7. The van der Waals surface area contributed by atoms with E-state index in [9.17, 15) is 4.39 Å². The summed E-state index contributed by atoms with van der Waals surface area (Å²) in [4.78, 5) is 21.0. The molecule has 35 heavy (non-hydrogen) atoms. The lowest BCUT2D eigenvalue weighted by molar-refractivity contribution is 0.542. The van der Waals surface area contributed by atoms with Crippen molar-refractivity contribution in [3.8, 4) is 17.3 Å². The molecule has 9 heteroatoms. The highest BCUT2D eigenvalue weighted by Crippen LogP contribution is 2.32. The number of pyridine rings is 1. The minimum Gasteiger partial charge on any atom is -0.352 e. The first kappa shape index (κ1) is 23.3. The van der Waals surface area contributed by atoms with Crippen LogP contribution in [0.15, 0.2) is 42.6 Å². The molecule has 0 unspecified atom stereocenters. The number of hydrogen-bond donors (Lipinski definition) is 0. The van der Waals surface area contributed by atoms with Crippen LogP contribution in [0.1, 0.15) is 32.3 Å². The maximum Gasteiger partial charge on any atom is 0.228 e. The summed E-state index contributed by atoms with van der Waals surface area (Å²) in [5.74, 6) is 2.01. The third-order valence-electron chi connectivity index (χ3n) is 6.82. The van der Waals surface area contributed by atoms with Crippen LogP contribution < -0.4 is 14.7 Å². The molecule has 5 rings (SSSR count). The van der Waals surface area contributed by atoms with Crippen molar-refractivity contribution in [2.24, 2.45) is 0 Å². The van der Waals surface area contributed by atoms with Gasteiger partial charge in [0.25, 0.3) is 0 Å². The molecule has 0 radical (unpaired) electrons. The number of halogens is 2. The standard InChI is InChI=1S/C26H27ClFN7/c1-17-4-3-9-35(17)26-31-23(20-5-7-21(28)8-6-20)13-24(32-26)34-11-10-33(16-18(34)2)25-22(27)12-19(14-29)15-30-25/h5-8,12-13,15,17-18H,3-4,9-11,16H2,1-2H3/t17-,18+/m0/s1. The third-order valence-corrected chi connectivity index (χ3v) is 7.10. The van der Waals surface area contributed by atoms with Crippen LogP contribution in [0, 0.1) is 17.1 Å². The average Bonchev–Trinajstić information content (AvgIpc) is 3.30. The summed E-state index contributed by atoms with van der Waals surface area (Å²) in [6.45, 7) is 7.45. The predicted octanol–water partition coefficient (Wildman–Crippen LogP) is 4.91. The monoisotopic (exact) mass is 491 g/mol. The van der Waals surface area contributed by atoms with E-state index in [2.05, 4.69) is 39.6 Å². The van der Waals surface area contributed by atoms with Crippen molar-refractivity contribution in [1.82, 2.24) is 15.0 Å². The Kier molecular flexibility index (Phi) is 6.44. The van der Waals surface area contributed by atoms with Gasteiger partial charge < -0.3 is 14.7 Å². The quantitative estimate of drug-likeness (QED) is 0.513. The van der Waals surface area contributed by atoms with Gasteiger partial charge in [0.1, 0.15) is 23.5 Å². The summed E-state index contributed by atoms with van der Waals surface area (Å²) in [5.41, 5.74) is 2.10. The Morgan fingerprint density at radius 2 is 1.83 bits per heavy atom. The number of anilines is 3. The van der Waals surface area contributed by atoms with Crippen LogP contribution in [-0.2, 0) is 0 Å². The van der Waals surface area contributed by atoms with Gasteiger partial charge in [-0.25, -0.2) is 14.4 Å². The Bertz CT molecular complexity index is 1260. The molecule has 0 saturated carbocycles. The smallest absolute Gasteiger partial charge is 0.228 e. The number of benzene rings is 1. The van der Waals surface area contributed by atoms with Crippen molar-refractivity contribution in [3.05, 3.63) is 59.0 Å². The van der Waals surface area contributed by atoms with Crippen LogP contribution in [0.3, 0.4) is 0 Å². The molecule has 2 aliphatic heterocycles. The Labute approximate surface area is 209 Å². The van der Waals surface area contributed by atoms with Gasteiger partial charge >= 0.3 is 0 Å². The molecule has 0 bridgehead atoms. The van der Waals surface area contributed by atoms with E-state index >= 15 is 0 Å². The third kappa shape index (κ3) is 4.73. The fourth-order valence-corrected chi connectivity index (χ4v) is 5.20. The molecular weight excluding hydrogens is 465 g/mol. The molecule has 0 spiro atoms. The maximum atomic E-state index is 13.6. The van der Waals surface area contributed by atoms with Crippen molar-refractivity contribution in [2.75, 3.05) is 40.9 Å². The number of rotatable bonds is 4. The number of hydrogen-bond acceptors (Lipinski definition) is 7. The van der Waals surface area contributed by atoms with Gasteiger partial charge in [0, 0.05) is 56.1 Å². The summed E-state index contributed by atoms with van der Waals surface area (Å²) in [5, 5.41) is 9.58. The molecule has 1 aromatic carbocycles. The van der Waals surface area contributed by atoms with E-state index in [1.807, 2.05) is 6.07 Å². The van der Waals surface area contributed by atoms with Gasteiger partial charge in [-0.15, -0.1) is 0 Å². The Hall–Kier alpha value is -3.44. The summed E-state index contributed by atoms with van der Waals surface area (Å²) in [6, 6.07) is 12.7. The zero-order valence-electron chi connectivity index (χ0n) is 19.8. The van der Waals surface area contributed by atoms with Crippen LogP contribution in [0.25, 0.3) is 11.3 Å². The van der Waals surface area contributed by atoms with Crippen LogP contribution in [-0.4, -0.2) is 53.2 Å². The summed E-state index contributed by atoms with van der Waals surface area (Å²) < 4.78 is 13.6. The van der Waals surface area contributed by atoms with Crippen molar-refractivity contribution in [1.29, 1.82) is 5.26 Å². The summed E-state index contributed by atoms with van der Waals surface area (Å²) >= 11 is 6.43. The van der Waals surface area contributed by atoms with E-state index in [0.717, 1.165) is 49.0 Å². The number of aromatic nitrogens is 3. The second kappa shape index (κ2) is 9.67. The molecule has 2 atom stereocenters. The van der Waals surface area contributed by atoms with Crippen LogP contribution in [0.4, 0.5) is 22.0 Å².